The van der Waals surface area contributed by atoms with Crippen molar-refractivity contribution in [3.05, 3.63) is 62.6 Å². The summed E-state index contributed by atoms with van der Waals surface area (Å²) in [6, 6.07) is 13.0. The van der Waals surface area contributed by atoms with Gasteiger partial charge in [-0.15, -0.1) is 0 Å². The van der Waals surface area contributed by atoms with E-state index < -0.39 is 0 Å². The fraction of sp³-hybridized carbons (Fsp3) is 0.417. The van der Waals surface area contributed by atoms with Crippen LogP contribution in [0.3, 0.4) is 0 Å². The zero-order valence-corrected chi connectivity index (χ0v) is 19.9. The van der Waals surface area contributed by atoms with Crippen LogP contribution in [0.25, 0.3) is 16.6 Å². The van der Waals surface area contributed by atoms with Gasteiger partial charge in [0, 0.05) is 35.8 Å². The van der Waals surface area contributed by atoms with Crippen LogP contribution < -0.4 is 15.8 Å². The Morgan fingerprint density at radius 2 is 1.97 bits per heavy atom. The van der Waals surface area contributed by atoms with E-state index in [1.54, 1.807) is 0 Å². The molecule has 30 heavy (non-hydrogen) atoms. The van der Waals surface area contributed by atoms with Crippen molar-refractivity contribution in [2.75, 3.05) is 24.5 Å². The second-order valence-corrected chi connectivity index (χ2v) is 9.14. The summed E-state index contributed by atoms with van der Waals surface area (Å²) in [5.41, 5.74) is 3.96. The average Bonchev–Trinajstić information content (AvgIpc) is 2.96. The number of piperazine rings is 1. The van der Waals surface area contributed by atoms with Gasteiger partial charge in [-0.05, 0) is 66.5 Å². The second kappa shape index (κ2) is 7.82. The zero-order valence-electron chi connectivity index (χ0n) is 18.3. The molecule has 0 radical (unpaired) electrons. The summed E-state index contributed by atoms with van der Waals surface area (Å²) in [6.07, 6.45) is 0. The minimum atomic E-state index is -0.321. The van der Waals surface area contributed by atoms with Crippen LogP contribution in [0.5, 0.6) is 0 Å². The molecular weight excluding hydrogens is 440 g/mol. The maximum Gasteiger partial charge on any atom is 0.281 e. The zero-order chi connectivity index (χ0) is 21.6. The number of nitrogens with zero attached hydrogens (tertiary/aromatic N) is 3. The van der Waals surface area contributed by atoms with E-state index in [-0.39, 0.29) is 11.0 Å². The molecule has 0 spiro atoms. The quantitative estimate of drug-likeness (QED) is 0.566. The van der Waals surface area contributed by atoms with Gasteiger partial charge < -0.3 is 10.2 Å². The van der Waals surface area contributed by atoms with Gasteiger partial charge in [0.25, 0.3) is 5.56 Å². The number of anilines is 1. The summed E-state index contributed by atoms with van der Waals surface area (Å²) in [4.78, 5) is 19.8. The highest BCUT2D eigenvalue weighted by atomic mass is 79.9. The number of hydrogen-bond acceptors (Lipinski definition) is 4. The minimum Gasteiger partial charge on any atom is -0.366 e. The average molecular weight is 469 g/mol. The number of aromatic nitrogens is 2. The standard InChI is InChI=1S/C22H23BrN4O.C2H6/c1-13-12-24-9-10-26(13)14-7-8-15-18(11-14)27-17-6-4-5-16(23)19(17)20(28)25-21(27)22(15,2)3;1-2/h4-8,11,13,24H,9-10,12H2,1-3H3;1-2H3/t13-;/m1./s1. The molecule has 5 nitrogen and oxygen atoms in total. The van der Waals surface area contributed by atoms with Crippen molar-refractivity contribution >= 4 is 32.5 Å². The van der Waals surface area contributed by atoms with Gasteiger partial charge in [-0.25, -0.2) is 0 Å². The van der Waals surface area contributed by atoms with E-state index in [1.807, 2.05) is 32.0 Å². The Morgan fingerprint density at radius 3 is 2.70 bits per heavy atom. The molecule has 1 aromatic heterocycles. The van der Waals surface area contributed by atoms with Crippen molar-refractivity contribution in [2.24, 2.45) is 0 Å². The van der Waals surface area contributed by atoms with Gasteiger partial charge >= 0.3 is 0 Å². The smallest absolute Gasteiger partial charge is 0.281 e. The molecule has 0 saturated carbocycles. The Bertz CT molecular complexity index is 1170. The van der Waals surface area contributed by atoms with Crippen LogP contribution in [0, 0.1) is 0 Å². The first-order valence-electron chi connectivity index (χ1n) is 10.7. The Labute approximate surface area is 186 Å². The first-order valence-corrected chi connectivity index (χ1v) is 11.5. The van der Waals surface area contributed by atoms with Gasteiger partial charge in [-0.1, -0.05) is 26.0 Å². The molecule has 0 aliphatic carbocycles. The summed E-state index contributed by atoms with van der Waals surface area (Å²) in [7, 11) is 0. The molecule has 1 fully saturated rings. The third-order valence-corrected chi connectivity index (χ3v) is 6.81. The van der Waals surface area contributed by atoms with Gasteiger partial charge in [0.1, 0.15) is 5.82 Å². The topological polar surface area (TPSA) is 50.2 Å². The van der Waals surface area contributed by atoms with Gasteiger partial charge in [-0.2, -0.15) is 4.98 Å². The van der Waals surface area contributed by atoms with Crippen LogP contribution in [0.2, 0.25) is 0 Å². The fourth-order valence-corrected chi connectivity index (χ4v) is 5.17. The van der Waals surface area contributed by atoms with Crippen LogP contribution in [-0.4, -0.2) is 35.2 Å². The lowest BCUT2D eigenvalue weighted by atomic mass is 9.85. The van der Waals surface area contributed by atoms with E-state index in [9.17, 15) is 4.79 Å². The number of benzene rings is 2. The summed E-state index contributed by atoms with van der Waals surface area (Å²) in [5, 5.41) is 4.09. The predicted octanol–water partition coefficient (Wildman–Crippen LogP) is 4.61. The number of hydrogen-bond donors (Lipinski definition) is 1. The fourth-order valence-electron chi connectivity index (χ4n) is 4.65. The van der Waals surface area contributed by atoms with E-state index in [1.165, 1.54) is 11.3 Å². The highest BCUT2D eigenvalue weighted by Gasteiger charge is 2.39. The van der Waals surface area contributed by atoms with E-state index in [0.717, 1.165) is 41.1 Å². The van der Waals surface area contributed by atoms with Gasteiger partial charge in [0.2, 0.25) is 0 Å². The van der Waals surface area contributed by atoms with Crippen molar-refractivity contribution in [2.45, 2.75) is 46.1 Å². The van der Waals surface area contributed by atoms with Gasteiger partial charge in [0.05, 0.1) is 22.0 Å². The van der Waals surface area contributed by atoms with Crippen LogP contribution in [0.1, 0.15) is 46.0 Å². The molecule has 6 heteroatoms. The van der Waals surface area contributed by atoms with E-state index >= 15 is 0 Å². The largest absolute Gasteiger partial charge is 0.366 e. The second-order valence-electron chi connectivity index (χ2n) is 8.28. The van der Waals surface area contributed by atoms with E-state index in [2.05, 4.69) is 74.7 Å². The predicted molar refractivity (Wildman–Crippen MR) is 128 cm³/mol. The molecule has 1 N–H and O–H groups in total. The molecule has 0 bridgehead atoms. The molecule has 2 aliphatic rings. The number of fused-ring (bicyclic) bond motifs is 5. The molecular formula is C24H29BrN4O. The highest BCUT2D eigenvalue weighted by Crippen LogP contribution is 2.44. The van der Waals surface area contributed by atoms with Crippen LogP contribution >= 0.6 is 15.9 Å². The maximum absolute atomic E-state index is 12.8. The van der Waals surface area contributed by atoms with Crippen molar-refractivity contribution in [3.63, 3.8) is 0 Å². The Balaban J connectivity index is 0.00000106. The van der Waals surface area contributed by atoms with Crippen molar-refractivity contribution in [1.29, 1.82) is 0 Å². The summed E-state index contributed by atoms with van der Waals surface area (Å²) in [5.74, 6) is 0.809. The van der Waals surface area contributed by atoms with Crippen LogP contribution in [0.4, 0.5) is 5.69 Å². The molecule has 0 amide bonds. The van der Waals surface area contributed by atoms with E-state index in [4.69, 9.17) is 0 Å². The molecule has 3 aromatic rings. The highest BCUT2D eigenvalue weighted by molar-refractivity contribution is 9.10. The first kappa shape index (κ1) is 21.1. The van der Waals surface area contributed by atoms with Gasteiger partial charge in [-0.3, -0.25) is 9.36 Å². The maximum atomic E-state index is 12.8. The minimum absolute atomic E-state index is 0.175. The Hall–Kier alpha value is -2.18. The number of nitrogens with one attached hydrogen (secondary N) is 1. The lowest BCUT2D eigenvalue weighted by Crippen LogP contribution is -2.49. The lowest BCUT2D eigenvalue weighted by Gasteiger charge is -2.36. The SMILES string of the molecule is CC.C[C@@H]1CNCCN1c1ccc2c(c1)-n1c(nc(=O)c3c(Br)cccc31)C2(C)C. The Kier molecular flexibility index (Phi) is 5.49. The summed E-state index contributed by atoms with van der Waals surface area (Å²) < 4.78 is 2.96. The van der Waals surface area contributed by atoms with Crippen molar-refractivity contribution < 1.29 is 0 Å². The molecule has 0 unspecified atom stereocenters. The summed E-state index contributed by atoms with van der Waals surface area (Å²) in [6.45, 7) is 13.5. The molecule has 2 aliphatic heterocycles. The van der Waals surface area contributed by atoms with Crippen molar-refractivity contribution in [1.82, 2.24) is 14.9 Å². The molecule has 3 heterocycles. The van der Waals surface area contributed by atoms with Gasteiger partial charge in [0.15, 0.2) is 0 Å². The molecule has 1 atom stereocenters. The summed E-state index contributed by atoms with van der Waals surface area (Å²) >= 11 is 3.54. The third-order valence-electron chi connectivity index (χ3n) is 6.15. The molecule has 1 saturated heterocycles. The van der Waals surface area contributed by atoms with E-state index in [0.29, 0.717) is 11.4 Å². The molecule has 5 rings (SSSR count). The third kappa shape index (κ3) is 3.08. The first-order chi connectivity index (χ1) is 14.4. The lowest BCUT2D eigenvalue weighted by molar-refractivity contribution is 0.501. The molecule has 2 aromatic carbocycles. The van der Waals surface area contributed by atoms with Crippen LogP contribution in [-0.2, 0) is 5.41 Å². The van der Waals surface area contributed by atoms with Crippen molar-refractivity contribution in [3.8, 4) is 5.69 Å². The Morgan fingerprint density at radius 1 is 1.20 bits per heavy atom. The molecule has 158 valence electrons. The normalized spacial score (nSPS) is 19.1. The number of halogens is 1. The number of rotatable bonds is 1. The monoisotopic (exact) mass is 468 g/mol. The van der Waals surface area contributed by atoms with Crippen LogP contribution in [0.15, 0.2) is 45.7 Å².